The Labute approximate surface area is 147 Å². The topological polar surface area (TPSA) is 99.0 Å². The number of benzene rings is 1. The number of ether oxygens (including phenoxy) is 1. The minimum absolute atomic E-state index is 0.0249. The van der Waals surface area contributed by atoms with Crippen molar-refractivity contribution < 1.29 is 14.3 Å². The zero-order valence-electron chi connectivity index (χ0n) is 13.2. The molecule has 0 bridgehead atoms. The summed E-state index contributed by atoms with van der Waals surface area (Å²) in [7, 11) is 0. The second-order valence-electron chi connectivity index (χ2n) is 4.91. The van der Waals surface area contributed by atoms with Gasteiger partial charge < -0.3 is 10.1 Å². The molecule has 9 heteroatoms. The molecule has 1 heterocycles. The highest BCUT2D eigenvalue weighted by molar-refractivity contribution is 9.10. The van der Waals surface area contributed by atoms with Crippen molar-refractivity contribution in [1.29, 1.82) is 0 Å². The van der Waals surface area contributed by atoms with E-state index in [1.54, 1.807) is 6.92 Å². The normalized spacial score (nSPS) is 10.4. The largest absolute Gasteiger partial charge is 0.466 e. The number of amides is 1. The summed E-state index contributed by atoms with van der Waals surface area (Å²) in [4.78, 5) is 24.2. The third kappa shape index (κ3) is 5.73. The molecule has 0 aliphatic carbocycles. The predicted molar refractivity (Wildman–Crippen MR) is 89.8 cm³/mol. The third-order valence-electron chi connectivity index (χ3n) is 3.03. The van der Waals surface area contributed by atoms with Crippen LogP contribution in [0.1, 0.15) is 19.8 Å². The lowest BCUT2D eigenvalue weighted by Gasteiger charge is -2.04. The number of aromatic nitrogens is 4. The van der Waals surface area contributed by atoms with Gasteiger partial charge in [-0.2, -0.15) is 4.80 Å². The van der Waals surface area contributed by atoms with Crippen LogP contribution < -0.4 is 5.32 Å². The number of nitrogens with one attached hydrogen (secondary N) is 1. The van der Waals surface area contributed by atoms with Crippen LogP contribution in [0.25, 0.3) is 11.4 Å². The lowest BCUT2D eigenvalue weighted by atomic mass is 10.2. The van der Waals surface area contributed by atoms with Crippen LogP contribution in [-0.2, 0) is 20.9 Å². The molecule has 0 radical (unpaired) electrons. The van der Waals surface area contributed by atoms with Crippen LogP contribution in [0.3, 0.4) is 0 Å². The summed E-state index contributed by atoms with van der Waals surface area (Å²) in [6.45, 7) is 2.49. The van der Waals surface area contributed by atoms with Gasteiger partial charge in [0.2, 0.25) is 11.7 Å². The standard InChI is InChI=1S/C15H18BrN5O3/c1-2-24-14(23)4-3-9-17-13(22)10-21-19-15(18-20-21)11-5-7-12(16)8-6-11/h5-8H,2-4,9-10H2,1H3,(H,17,22). The second-order valence-corrected chi connectivity index (χ2v) is 5.82. The summed E-state index contributed by atoms with van der Waals surface area (Å²) >= 11 is 3.36. The van der Waals surface area contributed by atoms with Crippen molar-refractivity contribution in [3.05, 3.63) is 28.7 Å². The van der Waals surface area contributed by atoms with Crippen LogP contribution in [0.2, 0.25) is 0 Å². The number of rotatable bonds is 8. The molecular formula is C15H18BrN5O3. The first-order chi connectivity index (χ1) is 11.6. The van der Waals surface area contributed by atoms with Crippen molar-refractivity contribution >= 4 is 27.8 Å². The van der Waals surface area contributed by atoms with Crippen LogP contribution >= 0.6 is 15.9 Å². The molecule has 8 nitrogen and oxygen atoms in total. The fourth-order valence-electron chi connectivity index (χ4n) is 1.90. The van der Waals surface area contributed by atoms with E-state index in [9.17, 15) is 9.59 Å². The summed E-state index contributed by atoms with van der Waals surface area (Å²) < 4.78 is 5.77. The molecule has 0 saturated carbocycles. The number of halogens is 1. The average molecular weight is 396 g/mol. The fourth-order valence-corrected chi connectivity index (χ4v) is 2.17. The van der Waals surface area contributed by atoms with E-state index < -0.39 is 0 Å². The number of nitrogens with zero attached hydrogens (tertiary/aromatic N) is 4. The molecule has 1 N–H and O–H groups in total. The highest BCUT2D eigenvalue weighted by Gasteiger charge is 2.09. The van der Waals surface area contributed by atoms with E-state index in [2.05, 4.69) is 36.7 Å². The van der Waals surface area contributed by atoms with Gasteiger partial charge in [0.15, 0.2) is 0 Å². The maximum atomic E-state index is 11.8. The van der Waals surface area contributed by atoms with Gasteiger partial charge in [0.25, 0.3) is 0 Å². The number of tetrazole rings is 1. The second kappa shape index (κ2) is 9.11. The smallest absolute Gasteiger partial charge is 0.305 e. The Hall–Kier alpha value is -2.29. The van der Waals surface area contributed by atoms with E-state index >= 15 is 0 Å². The summed E-state index contributed by atoms with van der Waals surface area (Å²) in [5, 5.41) is 14.7. The molecule has 1 aromatic heterocycles. The van der Waals surface area contributed by atoms with Gasteiger partial charge in [-0.1, -0.05) is 15.9 Å². The number of carbonyl (C=O) groups is 2. The van der Waals surface area contributed by atoms with Crippen molar-refractivity contribution in [3.8, 4) is 11.4 Å². The van der Waals surface area contributed by atoms with E-state index in [1.807, 2.05) is 24.3 Å². The maximum Gasteiger partial charge on any atom is 0.305 e. The van der Waals surface area contributed by atoms with Gasteiger partial charge in [-0.05, 0) is 42.8 Å². The molecule has 128 valence electrons. The van der Waals surface area contributed by atoms with Crippen molar-refractivity contribution in [2.75, 3.05) is 13.2 Å². The lowest BCUT2D eigenvalue weighted by Crippen LogP contribution is -2.29. The first-order valence-corrected chi connectivity index (χ1v) is 8.34. The molecule has 0 fully saturated rings. The van der Waals surface area contributed by atoms with Crippen LogP contribution in [0.15, 0.2) is 28.7 Å². The number of esters is 1. The Balaban J connectivity index is 1.76. The monoisotopic (exact) mass is 395 g/mol. The van der Waals surface area contributed by atoms with Gasteiger partial charge in [-0.3, -0.25) is 9.59 Å². The predicted octanol–water partition coefficient (Wildman–Crippen LogP) is 1.56. The van der Waals surface area contributed by atoms with Gasteiger partial charge in [0, 0.05) is 23.0 Å². The first-order valence-electron chi connectivity index (χ1n) is 7.54. The molecule has 0 aliphatic rings. The Morgan fingerprint density at radius 2 is 2.04 bits per heavy atom. The van der Waals surface area contributed by atoms with Crippen LogP contribution in [0.5, 0.6) is 0 Å². The molecule has 1 amide bonds. The zero-order valence-corrected chi connectivity index (χ0v) is 14.8. The summed E-state index contributed by atoms with van der Waals surface area (Å²) in [5.74, 6) is -0.0416. The van der Waals surface area contributed by atoms with E-state index in [1.165, 1.54) is 4.80 Å². The van der Waals surface area contributed by atoms with Gasteiger partial charge in [0.1, 0.15) is 6.54 Å². The third-order valence-corrected chi connectivity index (χ3v) is 3.55. The quantitative estimate of drug-likeness (QED) is 0.537. The van der Waals surface area contributed by atoms with Crippen LogP contribution in [0.4, 0.5) is 0 Å². The van der Waals surface area contributed by atoms with E-state index in [0.29, 0.717) is 25.4 Å². The molecule has 24 heavy (non-hydrogen) atoms. The summed E-state index contributed by atoms with van der Waals surface area (Å²) in [6.07, 6.45) is 0.808. The van der Waals surface area contributed by atoms with Gasteiger partial charge >= 0.3 is 5.97 Å². The molecule has 0 atom stereocenters. The lowest BCUT2D eigenvalue weighted by molar-refractivity contribution is -0.143. The molecule has 2 aromatic rings. The average Bonchev–Trinajstić information content (AvgIpc) is 3.01. The van der Waals surface area contributed by atoms with E-state index in [4.69, 9.17) is 4.74 Å². The van der Waals surface area contributed by atoms with E-state index in [0.717, 1.165) is 10.0 Å². The Kier molecular flexibility index (Phi) is 6.86. The first kappa shape index (κ1) is 18.1. The van der Waals surface area contributed by atoms with E-state index in [-0.39, 0.29) is 24.8 Å². The van der Waals surface area contributed by atoms with Crippen molar-refractivity contribution in [1.82, 2.24) is 25.5 Å². The van der Waals surface area contributed by atoms with Crippen molar-refractivity contribution in [2.45, 2.75) is 26.3 Å². The highest BCUT2D eigenvalue weighted by Crippen LogP contribution is 2.17. The van der Waals surface area contributed by atoms with Crippen LogP contribution in [-0.4, -0.2) is 45.2 Å². The zero-order chi connectivity index (χ0) is 17.4. The fraction of sp³-hybridized carbons (Fsp3) is 0.400. The van der Waals surface area contributed by atoms with Crippen LogP contribution in [0, 0.1) is 0 Å². The minimum Gasteiger partial charge on any atom is -0.466 e. The van der Waals surface area contributed by atoms with Gasteiger partial charge in [-0.25, -0.2) is 0 Å². The maximum absolute atomic E-state index is 11.8. The Morgan fingerprint density at radius 1 is 1.29 bits per heavy atom. The SMILES string of the molecule is CCOC(=O)CCCNC(=O)Cn1nnc(-c2ccc(Br)cc2)n1. The van der Waals surface area contributed by atoms with Crippen molar-refractivity contribution in [3.63, 3.8) is 0 Å². The van der Waals surface area contributed by atoms with Gasteiger partial charge in [-0.15, -0.1) is 10.2 Å². The molecule has 0 spiro atoms. The number of hydrogen-bond donors (Lipinski definition) is 1. The Morgan fingerprint density at radius 3 is 2.75 bits per heavy atom. The molecule has 0 aliphatic heterocycles. The van der Waals surface area contributed by atoms with Crippen molar-refractivity contribution in [2.24, 2.45) is 0 Å². The molecule has 0 unspecified atom stereocenters. The highest BCUT2D eigenvalue weighted by atomic mass is 79.9. The van der Waals surface area contributed by atoms with Gasteiger partial charge in [0.05, 0.1) is 6.61 Å². The molecule has 0 saturated heterocycles. The molecular weight excluding hydrogens is 378 g/mol. The Bertz CT molecular complexity index is 687. The number of hydrogen-bond acceptors (Lipinski definition) is 6. The minimum atomic E-state index is -0.260. The number of carbonyl (C=O) groups excluding carboxylic acids is 2. The molecule has 2 rings (SSSR count). The molecule has 1 aromatic carbocycles. The summed E-state index contributed by atoms with van der Waals surface area (Å²) in [5.41, 5.74) is 0.819. The summed E-state index contributed by atoms with van der Waals surface area (Å²) in [6, 6.07) is 7.49.